The van der Waals surface area contributed by atoms with Crippen LogP contribution < -0.4 is 0 Å². The highest BCUT2D eigenvalue weighted by atomic mass is 17.2. The van der Waals surface area contributed by atoms with Crippen LogP contribution in [0.1, 0.15) is 45.4 Å². The highest BCUT2D eigenvalue weighted by Gasteiger charge is 1.95. The van der Waals surface area contributed by atoms with Gasteiger partial charge in [0, 0.05) is 6.61 Å². The maximum atomic E-state index is 8.29. The van der Waals surface area contributed by atoms with Crippen molar-refractivity contribution in [2.45, 2.75) is 45.4 Å². The molecule has 0 aromatic heterocycles. The summed E-state index contributed by atoms with van der Waals surface area (Å²) in [6.45, 7) is 4.08. The van der Waals surface area contributed by atoms with Gasteiger partial charge < -0.3 is 5.11 Å². The van der Waals surface area contributed by atoms with Crippen LogP contribution in [0.3, 0.4) is 0 Å². The summed E-state index contributed by atoms with van der Waals surface area (Å²) in [7, 11) is 0. The summed E-state index contributed by atoms with van der Waals surface area (Å²) in [5.41, 5.74) is 0. The van der Waals surface area contributed by atoms with Gasteiger partial charge in [-0.15, -0.1) is 0 Å². The van der Waals surface area contributed by atoms with Gasteiger partial charge in [0.2, 0.25) is 0 Å². The molecule has 1 fully saturated rings. The summed E-state index contributed by atoms with van der Waals surface area (Å²) in [6, 6.07) is 0. The molecule has 1 rings (SSSR count). The first-order valence-corrected chi connectivity index (χ1v) is 5.27. The molecule has 0 saturated carbocycles. The summed E-state index contributed by atoms with van der Waals surface area (Å²) < 4.78 is 0. The van der Waals surface area contributed by atoms with E-state index in [-0.39, 0.29) is 0 Å². The Morgan fingerprint density at radius 1 is 1.00 bits per heavy atom. The molecule has 0 aromatic rings. The predicted molar refractivity (Wildman–Crippen MR) is 52.4 cm³/mol. The van der Waals surface area contributed by atoms with Crippen molar-refractivity contribution in [3.63, 3.8) is 0 Å². The zero-order valence-corrected chi connectivity index (χ0v) is 8.63. The molecule has 0 aromatic carbocycles. The normalized spacial score (nSPS) is 16.2. The fourth-order valence-corrected chi connectivity index (χ4v) is 0.978. The van der Waals surface area contributed by atoms with Gasteiger partial charge in [-0.2, -0.15) is 0 Å². The van der Waals surface area contributed by atoms with Gasteiger partial charge in [0.1, 0.15) is 0 Å². The standard InChI is InChI=1S/C6H14O.C4H8O2/c1-2-3-4-5-6-7;1-2-4-6-5-3-1/h7H,2-6H2,1H3;1-4H2. The molecule has 13 heavy (non-hydrogen) atoms. The smallest absolute Gasteiger partial charge is 0.0823 e. The fraction of sp³-hybridized carbons (Fsp3) is 1.00. The Labute approximate surface area is 81.0 Å². The van der Waals surface area contributed by atoms with Crippen molar-refractivity contribution in [3.8, 4) is 0 Å². The van der Waals surface area contributed by atoms with Gasteiger partial charge in [-0.05, 0) is 19.3 Å². The SMILES string of the molecule is C1CCOOC1.CCCCCCO. The van der Waals surface area contributed by atoms with Gasteiger partial charge in [0.05, 0.1) is 13.2 Å². The molecule has 3 heteroatoms. The Balaban J connectivity index is 0.000000223. The predicted octanol–water partition coefficient (Wildman–Crippen LogP) is 2.29. The molecule has 1 heterocycles. The first-order chi connectivity index (χ1) is 6.41. The summed E-state index contributed by atoms with van der Waals surface area (Å²) in [6.07, 6.45) is 6.99. The molecular formula is C10H22O3. The zero-order chi connectivity index (χ0) is 9.78. The Kier molecular flexibility index (Phi) is 11.8. The third-order valence-corrected chi connectivity index (χ3v) is 1.80. The molecule has 0 radical (unpaired) electrons. The number of rotatable bonds is 4. The van der Waals surface area contributed by atoms with Gasteiger partial charge in [-0.25, -0.2) is 9.78 Å². The van der Waals surface area contributed by atoms with Crippen LogP contribution in [0.15, 0.2) is 0 Å². The molecular weight excluding hydrogens is 168 g/mol. The Bertz CT molecular complexity index is 66.7. The summed E-state index contributed by atoms with van der Waals surface area (Å²) in [5, 5.41) is 8.29. The lowest BCUT2D eigenvalue weighted by molar-refractivity contribution is -0.312. The first kappa shape index (κ1) is 12.9. The van der Waals surface area contributed by atoms with Gasteiger partial charge in [0.15, 0.2) is 0 Å². The largest absolute Gasteiger partial charge is 0.396 e. The average molecular weight is 190 g/mol. The Morgan fingerprint density at radius 3 is 1.92 bits per heavy atom. The minimum Gasteiger partial charge on any atom is -0.396 e. The summed E-state index contributed by atoms with van der Waals surface area (Å²) in [5.74, 6) is 0. The lowest BCUT2D eigenvalue weighted by Gasteiger charge is -2.07. The van der Waals surface area contributed by atoms with E-state index >= 15 is 0 Å². The van der Waals surface area contributed by atoms with Gasteiger partial charge >= 0.3 is 0 Å². The number of hydrogen-bond acceptors (Lipinski definition) is 3. The third kappa shape index (κ3) is 11.9. The monoisotopic (exact) mass is 190 g/mol. The van der Waals surface area contributed by atoms with Crippen LogP contribution in [0, 0.1) is 0 Å². The zero-order valence-electron chi connectivity index (χ0n) is 8.63. The number of aliphatic hydroxyl groups excluding tert-OH is 1. The molecule has 1 aliphatic heterocycles. The lowest BCUT2D eigenvalue weighted by atomic mass is 10.2. The second kappa shape index (κ2) is 11.9. The number of hydrogen-bond donors (Lipinski definition) is 1. The first-order valence-electron chi connectivity index (χ1n) is 5.27. The topological polar surface area (TPSA) is 38.7 Å². The van der Waals surface area contributed by atoms with Crippen LogP contribution in [0.25, 0.3) is 0 Å². The van der Waals surface area contributed by atoms with E-state index in [9.17, 15) is 0 Å². The van der Waals surface area contributed by atoms with E-state index < -0.39 is 0 Å². The van der Waals surface area contributed by atoms with Crippen LogP contribution in [0.5, 0.6) is 0 Å². The van der Waals surface area contributed by atoms with Crippen molar-refractivity contribution in [2.75, 3.05) is 19.8 Å². The Morgan fingerprint density at radius 2 is 1.62 bits per heavy atom. The molecule has 0 spiro atoms. The highest BCUT2D eigenvalue weighted by Crippen LogP contribution is 1.97. The van der Waals surface area contributed by atoms with Crippen LogP contribution in [-0.4, -0.2) is 24.9 Å². The number of unbranched alkanes of at least 4 members (excludes halogenated alkanes) is 3. The second-order valence-electron chi connectivity index (χ2n) is 3.14. The van der Waals surface area contributed by atoms with E-state index in [0.717, 1.165) is 32.5 Å². The second-order valence-corrected chi connectivity index (χ2v) is 3.14. The molecule has 1 N–H and O–H groups in total. The van der Waals surface area contributed by atoms with Crippen molar-refractivity contribution >= 4 is 0 Å². The van der Waals surface area contributed by atoms with Gasteiger partial charge in [0.25, 0.3) is 0 Å². The Hall–Kier alpha value is -0.120. The van der Waals surface area contributed by atoms with Gasteiger partial charge in [-0.1, -0.05) is 26.2 Å². The lowest BCUT2D eigenvalue weighted by Crippen LogP contribution is -2.05. The quantitative estimate of drug-likeness (QED) is 0.546. The van der Waals surface area contributed by atoms with Crippen molar-refractivity contribution in [1.29, 1.82) is 0 Å². The van der Waals surface area contributed by atoms with Crippen LogP contribution in [0.2, 0.25) is 0 Å². The van der Waals surface area contributed by atoms with Crippen LogP contribution >= 0.6 is 0 Å². The van der Waals surface area contributed by atoms with E-state index in [1.165, 1.54) is 19.3 Å². The molecule has 0 atom stereocenters. The van der Waals surface area contributed by atoms with E-state index in [1.54, 1.807) is 0 Å². The maximum absolute atomic E-state index is 8.29. The highest BCUT2D eigenvalue weighted by molar-refractivity contribution is 4.36. The molecule has 0 bridgehead atoms. The summed E-state index contributed by atoms with van der Waals surface area (Å²) in [4.78, 5) is 9.14. The molecule has 80 valence electrons. The molecule has 1 aliphatic rings. The van der Waals surface area contributed by atoms with E-state index in [4.69, 9.17) is 5.11 Å². The third-order valence-electron chi connectivity index (χ3n) is 1.80. The van der Waals surface area contributed by atoms with E-state index in [2.05, 4.69) is 16.7 Å². The maximum Gasteiger partial charge on any atom is 0.0823 e. The molecule has 0 aliphatic carbocycles. The summed E-state index contributed by atoms with van der Waals surface area (Å²) >= 11 is 0. The fourth-order valence-electron chi connectivity index (χ4n) is 0.978. The van der Waals surface area contributed by atoms with Crippen molar-refractivity contribution in [2.24, 2.45) is 0 Å². The van der Waals surface area contributed by atoms with Crippen molar-refractivity contribution < 1.29 is 14.9 Å². The average Bonchev–Trinajstić information content (AvgIpc) is 2.22. The molecule has 3 nitrogen and oxygen atoms in total. The van der Waals surface area contributed by atoms with Gasteiger partial charge in [-0.3, -0.25) is 0 Å². The minimum absolute atomic E-state index is 0.361. The van der Waals surface area contributed by atoms with E-state index in [0.29, 0.717) is 6.61 Å². The molecule has 0 amide bonds. The molecule has 1 saturated heterocycles. The van der Waals surface area contributed by atoms with Crippen LogP contribution in [-0.2, 0) is 9.78 Å². The van der Waals surface area contributed by atoms with Crippen molar-refractivity contribution in [1.82, 2.24) is 0 Å². The van der Waals surface area contributed by atoms with E-state index in [1.807, 2.05) is 0 Å². The number of aliphatic hydroxyl groups is 1. The van der Waals surface area contributed by atoms with Crippen LogP contribution in [0.4, 0.5) is 0 Å². The van der Waals surface area contributed by atoms with Crippen molar-refractivity contribution in [3.05, 3.63) is 0 Å². The molecule has 0 unspecified atom stereocenters. The minimum atomic E-state index is 0.361.